The van der Waals surface area contributed by atoms with Gasteiger partial charge in [0.1, 0.15) is 0 Å². The van der Waals surface area contributed by atoms with Gasteiger partial charge >= 0.3 is 0 Å². The molecule has 3 aromatic rings. The molecule has 0 saturated carbocycles. The maximum absolute atomic E-state index is 12.7. The molecule has 1 amide bonds. The number of anilines is 1. The number of rotatable bonds is 5. The zero-order chi connectivity index (χ0) is 19.5. The van der Waals surface area contributed by atoms with Gasteiger partial charge in [-0.25, -0.2) is 9.97 Å². The maximum Gasteiger partial charge on any atom is 0.252 e. The molecule has 0 bridgehead atoms. The summed E-state index contributed by atoms with van der Waals surface area (Å²) >= 11 is 1.58. The fourth-order valence-electron chi connectivity index (χ4n) is 3.37. The Hall–Kier alpha value is -2.87. The Bertz CT molecular complexity index is 988. The molecule has 1 N–H and O–H groups in total. The van der Waals surface area contributed by atoms with Crippen LogP contribution in [0.2, 0.25) is 0 Å². The van der Waals surface area contributed by atoms with E-state index in [0.29, 0.717) is 12.5 Å². The summed E-state index contributed by atoms with van der Waals surface area (Å²) in [6, 6.07) is 9.65. The first-order chi connectivity index (χ1) is 13.6. The zero-order valence-corrected chi connectivity index (χ0v) is 16.7. The van der Waals surface area contributed by atoms with E-state index in [-0.39, 0.29) is 11.9 Å². The number of hydrogen-bond donors (Lipinski definition) is 1. The Morgan fingerprint density at radius 2 is 2.14 bits per heavy atom. The van der Waals surface area contributed by atoms with Crippen LogP contribution in [0, 0.1) is 0 Å². The highest BCUT2D eigenvalue weighted by atomic mass is 32.2. The number of aryl methyl sites for hydroxylation is 1. The summed E-state index contributed by atoms with van der Waals surface area (Å²) in [5.41, 5.74) is 2.53. The van der Waals surface area contributed by atoms with Crippen LogP contribution in [-0.4, -0.2) is 51.0 Å². The molecule has 144 valence electrons. The van der Waals surface area contributed by atoms with Crippen molar-refractivity contribution in [2.24, 2.45) is 7.05 Å². The number of aromatic nitrogens is 4. The molecule has 1 unspecified atom stereocenters. The number of amides is 1. The summed E-state index contributed by atoms with van der Waals surface area (Å²) in [4.78, 5) is 24.9. The second-order valence-corrected chi connectivity index (χ2v) is 7.60. The average molecular weight is 395 g/mol. The van der Waals surface area contributed by atoms with E-state index < -0.39 is 0 Å². The number of benzene rings is 1. The molecule has 1 fully saturated rings. The number of carbonyl (C=O) groups excluding carboxylic acids is 1. The standard InChI is InChI=1S/C20H22N6OS/c1-25-12-14(11-22-25)17-7-9-21-20(24-17)26-10-8-15(13-26)23-19(27)16-5-3-4-6-18(16)28-2/h3-7,9,11-12,15H,8,10,13H2,1-2H3,(H,23,27). The Balaban J connectivity index is 1.44. The summed E-state index contributed by atoms with van der Waals surface area (Å²) in [6.45, 7) is 1.51. The van der Waals surface area contributed by atoms with Crippen molar-refractivity contribution in [3.05, 3.63) is 54.5 Å². The van der Waals surface area contributed by atoms with Gasteiger partial charge < -0.3 is 10.2 Å². The molecule has 1 aliphatic heterocycles. The fraction of sp³-hybridized carbons (Fsp3) is 0.300. The van der Waals surface area contributed by atoms with Gasteiger partial charge in [0.05, 0.1) is 17.5 Å². The second-order valence-electron chi connectivity index (χ2n) is 6.75. The van der Waals surface area contributed by atoms with Gasteiger partial charge in [-0.15, -0.1) is 11.8 Å². The quantitative estimate of drug-likeness (QED) is 0.671. The molecule has 0 spiro atoms. The normalized spacial score (nSPS) is 16.4. The molecule has 1 aliphatic rings. The van der Waals surface area contributed by atoms with Crippen molar-refractivity contribution in [1.29, 1.82) is 0 Å². The van der Waals surface area contributed by atoms with Gasteiger partial charge in [-0.05, 0) is 30.9 Å². The molecule has 3 heterocycles. The largest absolute Gasteiger partial charge is 0.347 e. The van der Waals surface area contributed by atoms with E-state index in [9.17, 15) is 4.79 Å². The molecule has 4 rings (SSSR count). The molecular weight excluding hydrogens is 372 g/mol. The van der Waals surface area contributed by atoms with Crippen LogP contribution in [-0.2, 0) is 7.05 Å². The summed E-state index contributed by atoms with van der Waals surface area (Å²) in [6.07, 6.45) is 8.35. The number of thioether (sulfide) groups is 1. The Kier molecular flexibility index (Phi) is 5.29. The van der Waals surface area contributed by atoms with Crippen LogP contribution < -0.4 is 10.2 Å². The van der Waals surface area contributed by atoms with Crippen LogP contribution in [0.15, 0.2) is 53.8 Å². The van der Waals surface area contributed by atoms with Crippen molar-refractivity contribution in [1.82, 2.24) is 25.1 Å². The minimum absolute atomic E-state index is 0.0261. The van der Waals surface area contributed by atoms with Crippen LogP contribution in [0.4, 0.5) is 5.95 Å². The van der Waals surface area contributed by atoms with Gasteiger partial charge in [-0.1, -0.05) is 12.1 Å². The first kappa shape index (κ1) is 18.5. The maximum atomic E-state index is 12.7. The number of hydrogen-bond acceptors (Lipinski definition) is 6. The molecule has 28 heavy (non-hydrogen) atoms. The highest BCUT2D eigenvalue weighted by Gasteiger charge is 2.26. The van der Waals surface area contributed by atoms with Gasteiger partial charge in [-0.2, -0.15) is 5.10 Å². The summed E-state index contributed by atoms with van der Waals surface area (Å²) < 4.78 is 1.75. The highest BCUT2D eigenvalue weighted by Crippen LogP contribution is 2.23. The molecule has 1 saturated heterocycles. The van der Waals surface area contributed by atoms with Crippen molar-refractivity contribution >= 4 is 23.6 Å². The van der Waals surface area contributed by atoms with Gasteiger partial charge in [0.2, 0.25) is 5.95 Å². The van der Waals surface area contributed by atoms with E-state index in [1.165, 1.54) is 0 Å². The minimum atomic E-state index is -0.0261. The lowest BCUT2D eigenvalue weighted by Crippen LogP contribution is -2.37. The van der Waals surface area contributed by atoms with Crippen molar-refractivity contribution in [3.8, 4) is 11.3 Å². The molecule has 7 nitrogen and oxygen atoms in total. The summed E-state index contributed by atoms with van der Waals surface area (Å²) in [5.74, 6) is 0.657. The van der Waals surface area contributed by atoms with Crippen molar-refractivity contribution in [2.75, 3.05) is 24.2 Å². The Labute approximate surface area is 168 Å². The van der Waals surface area contributed by atoms with Crippen molar-refractivity contribution in [2.45, 2.75) is 17.4 Å². The number of nitrogens with one attached hydrogen (secondary N) is 1. The van der Waals surface area contributed by atoms with Crippen molar-refractivity contribution in [3.63, 3.8) is 0 Å². The zero-order valence-electron chi connectivity index (χ0n) is 15.9. The number of carbonyl (C=O) groups is 1. The molecule has 0 aliphatic carbocycles. The molecular formula is C20H22N6OS. The average Bonchev–Trinajstić information content (AvgIpc) is 3.37. The lowest BCUT2D eigenvalue weighted by molar-refractivity contribution is 0.0937. The number of nitrogens with zero attached hydrogens (tertiary/aromatic N) is 5. The van der Waals surface area contributed by atoms with Crippen LogP contribution in [0.3, 0.4) is 0 Å². The third kappa shape index (κ3) is 3.87. The van der Waals surface area contributed by atoms with Gasteiger partial charge in [0.25, 0.3) is 5.91 Å². The van der Waals surface area contributed by atoms with Gasteiger partial charge in [0.15, 0.2) is 0 Å². The summed E-state index contributed by atoms with van der Waals surface area (Å²) in [5, 5.41) is 7.36. The lowest BCUT2D eigenvalue weighted by atomic mass is 10.2. The van der Waals surface area contributed by atoms with Gasteiger partial charge in [0, 0.05) is 49.0 Å². The monoisotopic (exact) mass is 394 g/mol. The van der Waals surface area contributed by atoms with Crippen LogP contribution >= 0.6 is 11.8 Å². The lowest BCUT2D eigenvalue weighted by Gasteiger charge is -2.17. The van der Waals surface area contributed by atoms with E-state index in [1.54, 1.807) is 28.8 Å². The van der Waals surface area contributed by atoms with Crippen LogP contribution in [0.25, 0.3) is 11.3 Å². The second kappa shape index (κ2) is 8.02. The van der Waals surface area contributed by atoms with E-state index in [2.05, 4.69) is 25.3 Å². The molecule has 0 radical (unpaired) electrons. The first-order valence-corrected chi connectivity index (χ1v) is 10.4. The van der Waals surface area contributed by atoms with E-state index in [0.717, 1.165) is 34.7 Å². The Morgan fingerprint density at radius 3 is 2.93 bits per heavy atom. The first-order valence-electron chi connectivity index (χ1n) is 9.15. The Morgan fingerprint density at radius 1 is 1.29 bits per heavy atom. The van der Waals surface area contributed by atoms with E-state index in [4.69, 9.17) is 0 Å². The topological polar surface area (TPSA) is 75.9 Å². The van der Waals surface area contributed by atoms with Gasteiger partial charge in [-0.3, -0.25) is 9.48 Å². The smallest absolute Gasteiger partial charge is 0.252 e. The molecule has 1 aromatic carbocycles. The third-order valence-corrected chi connectivity index (χ3v) is 5.60. The van der Waals surface area contributed by atoms with Crippen LogP contribution in [0.5, 0.6) is 0 Å². The minimum Gasteiger partial charge on any atom is -0.347 e. The molecule has 1 atom stereocenters. The van der Waals surface area contributed by atoms with E-state index >= 15 is 0 Å². The van der Waals surface area contributed by atoms with Crippen LogP contribution in [0.1, 0.15) is 16.8 Å². The third-order valence-electron chi connectivity index (χ3n) is 4.80. The predicted octanol–water partition coefficient (Wildman–Crippen LogP) is 2.61. The van der Waals surface area contributed by atoms with Crippen molar-refractivity contribution < 1.29 is 4.79 Å². The summed E-state index contributed by atoms with van der Waals surface area (Å²) in [7, 11) is 1.88. The molecule has 8 heteroatoms. The fourth-order valence-corrected chi connectivity index (χ4v) is 3.97. The molecule has 2 aromatic heterocycles. The SMILES string of the molecule is CSc1ccccc1C(=O)NC1CCN(c2nccc(-c3cnn(C)c3)n2)C1. The predicted molar refractivity (Wildman–Crippen MR) is 111 cm³/mol. The highest BCUT2D eigenvalue weighted by molar-refractivity contribution is 7.98. The van der Waals surface area contributed by atoms with E-state index in [1.807, 2.05) is 49.8 Å².